The van der Waals surface area contributed by atoms with E-state index in [0.717, 1.165) is 42.9 Å². The number of aryl methyl sites for hydroxylation is 3. The number of nitrogens with one attached hydrogen (secondary N) is 1. The molecule has 1 aliphatic rings. The maximum atomic E-state index is 12.3. The summed E-state index contributed by atoms with van der Waals surface area (Å²) in [7, 11) is 0. The standard InChI is InChI=1S/C13H16N4OS/c1-9-12(19-8-14-9)4-5-13(18)17-6-2-3-10-11(17)7-15-16-10/h7-8H,2-6H2,1H3,(H,15,16). The van der Waals surface area contributed by atoms with Gasteiger partial charge in [0, 0.05) is 17.8 Å². The number of rotatable bonds is 3. The van der Waals surface area contributed by atoms with Crippen LogP contribution in [0.15, 0.2) is 11.7 Å². The Morgan fingerprint density at radius 3 is 3.26 bits per heavy atom. The number of fused-ring (bicyclic) bond motifs is 1. The summed E-state index contributed by atoms with van der Waals surface area (Å²) < 4.78 is 0. The fraction of sp³-hybridized carbons (Fsp3) is 0.462. The second kappa shape index (κ2) is 5.13. The van der Waals surface area contributed by atoms with Gasteiger partial charge < -0.3 is 4.90 Å². The number of aromatic amines is 1. The zero-order valence-electron chi connectivity index (χ0n) is 10.8. The van der Waals surface area contributed by atoms with Gasteiger partial charge in [0.2, 0.25) is 5.91 Å². The number of amides is 1. The smallest absolute Gasteiger partial charge is 0.227 e. The Labute approximate surface area is 115 Å². The first-order chi connectivity index (χ1) is 9.25. The lowest BCUT2D eigenvalue weighted by atomic mass is 10.1. The van der Waals surface area contributed by atoms with Crippen molar-refractivity contribution in [2.75, 3.05) is 11.4 Å². The zero-order valence-corrected chi connectivity index (χ0v) is 11.7. The third-order valence-electron chi connectivity index (χ3n) is 3.51. The van der Waals surface area contributed by atoms with Gasteiger partial charge in [0.05, 0.1) is 28.8 Å². The fourth-order valence-corrected chi connectivity index (χ4v) is 3.22. The van der Waals surface area contributed by atoms with Crippen LogP contribution in [0.5, 0.6) is 0 Å². The highest BCUT2D eigenvalue weighted by molar-refractivity contribution is 7.09. The molecule has 0 bridgehead atoms. The van der Waals surface area contributed by atoms with Gasteiger partial charge in [0.1, 0.15) is 0 Å². The van der Waals surface area contributed by atoms with Gasteiger partial charge in [-0.15, -0.1) is 11.3 Å². The molecule has 0 atom stereocenters. The zero-order chi connectivity index (χ0) is 13.2. The summed E-state index contributed by atoms with van der Waals surface area (Å²) in [5.74, 6) is 0.176. The minimum atomic E-state index is 0.176. The van der Waals surface area contributed by atoms with Gasteiger partial charge in [-0.2, -0.15) is 5.10 Å². The number of H-pyrrole nitrogens is 1. The van der Waals surface area contributed by atoms with Crippen LogP contribution in [0.25, 0.3) is 0 Å². The van der Waals surface area contributed by atoms with Crippen molar-refractivity contribution in [3.05, 3.63) is 28.0 Å². The maximum absolute atomic E-state index is 12.3. The first kappa shape index (κ1) is 12.3. The molecular weight excluding hydrogens is 260 g/mol. The van der Waals surface area contributed by atoms with E-state index in [-0.39, 0.29) is 5.91 Å². The van der Waals surface area contributed by atoms with Gasteiger partial charge in [-0.1, -0.05) is 0 Å². The summed E-state index contributed by atoms with van der Waals surface area (Å²) in [5, 5.41) is 7.00. The molecule has 5 nitrogen and oxygen atoms in total. The molecule has 2 aromatic rings. The molecule has 0 spiro atoms. The Hall–Kier alpha value is -1.69. The van der Waals surface area contributed by atoms with Crippen LogP contribution in [-0.2, 0) is 17.6 Å². The van der Waals surface area contributed by atoms with Crippen molar-refractivity contribution in [3.63, 3.8) is 0 Å². The summed E-state index contributed by atoms with van der Waals surface area (Å²) in [6, 6.07) is 0. The lowest BCUT2D eigenvalue weighted by Gasteiger charge is -2.26. The Morgan fingerprint density at radius 1 is 1.58 bits per heavy atom. The first-order valence-electron chi connectivity index (χ1n) is 6.47. The van der Waals surface area contributed by atoms with Crippen LogP contribution in [0.1, 0.15) is 29.1 Å². The molecule has 19 heavy (non-hydrogen) atoms. The van der Waals surface area contributed by atoms with E-state index < -0.39 is 0 Å². The molecule has 1 amide bonds. The molecule has 6 heteroatoms. The number of hydrogen-bond acceptors (Lipinski definition) is 4. The van der Waals surface area contributed by atoms with E-state index in [9.17, 15) is 4.79 Å². The number of carbonyl (C=O) groups is 1. The van der Waals surface area contributed by atoms with E-state index in [1.54, 1.807) is 17.5 Å². The fourth-order valence-electron chi connectivity index (χ4n) is 2.44. The minimum Gasteiger partial charge on any atom is -0.309 e. The summed E-state index contributed by atoms with van der Waals surface area (Å²) in [6.07, 6.45) is 5.05. The third-order valence-corrected chi connectivity index (χ3v) is 4.50. The Morgan fingerprint density at radius 2 is 2.47 bits per heavy atom. The quantitative estimate of drug-likeness (QED) is 0.933. The summed E-state index contributed by atoms with van der Waals surface area (Å²) in [5.41, 5.74) is 4.91. The van der Waals surface area contributed by atoms with E-state index >= 15 is 0 Å². The van der Waals surface area contributed by atoms with E-state index in [1.165, 1.54) is 4.88 Å². The van der Waals surface area contributed by atoms with Crippen LogP contribution in [0, 0.1) is 6.92 Å². The second-order valence-electron chi connectivity index (χ2n) is 4.74. The average molecular weight is 276 g/mol. The monoisotopic (exact) mass is 276 g/mol. The topological polar surface area (TPSA) is 61.9 Å². The largest absolute Gasteiger partial charge is 0.309 e. The lowest BCUT2D eigenvalue weighted by Crippen LogP contribution is -2.35. The molecule has 0 saturated carbocycles. The molecule has 0 radical (unpaired) electrons. The first-order valence-corrected chi connectivity index (χ1v) is 7.35. The number of nitrogens with zero attached hydrogens (tertiary/aromatic N) is 3. The highest BCUT2D eigenvalue weighted by Crippen LogP contribution is 2.25. The number of hydrogen-bond donors (Lipinski definition) is 1. The maximum Gasteiger partial charge on any atom is 0.227 e. The van der Waals surface area contributed by atoms with Gasteiger partial charge in [0.15, 0.2) is 0 Å². The normalized spacial score (nSPS) is 14.5. The predicted octanol–water partition coefficient (Wildman–Crippen LogP) is 2.09. The molecular formula is C13H16N4OS. The van der Waals surface area contributed by atoms with Crippen molar-refractivity contribution in [1.29, 1.82) is 0 Å². The van der Waals surface area contributed by atoms with Gasteiger partial charge in [-0.3, -0.25) is 9.89 Å². The van der Waals surface area contributed by atoms with Gasteiger partial charge in [-0.05, 0) is 26.2 Å². The van der Waals surface area contributed by atoms with E-state index in [1.807, 2.05) is 17.3 Å². The van der Waals surface area contributed by atoms with Crippen molar-refractivity contribution in [1.82, 2.24) is 15.2 Å². The summed E-state index contributed by atoms with van der Waals surface area (Å²) in [6.45, 7) is 2.79. The predicted molar refractivity (Wildman–Crippen MR) is 74.4 cm³/mol. The van der Waals surface area contributed by atoms with Crippen molar-refractivity contribution in [3.8, 4) is 0 Å². The molecule has 100 valence electrons. The molecule has 0 fully saturated rings. The summed E-state index contributed by atoms with van der Waals surface area (Å²) in [4.78, 5) is 19.6. The highest BCUT2D eigenvalue weighted by Gasteiger charge is 2.23. The molecule has 2 aromatic heterocycles. The SMILES string of the molecule is Cc1ncsc1CCC(=O)N1CCCc2[nH]ncc21. The number of anilines is 1. The van der Waals surface area contributed by atoms with Gasteiger partial charge >= 0.3 is 0 Å². The van der Waals surface area contributed by atoms with E-state index in [2.05, 4.69) is 15.2 Å². The Bertz CT molecular complexity index is 589. The van der Waals surface area contributed by atoms with E-state index in [4.69, 9.17) is 0 Å². The van der Waals surface area contributed by atoms with Crippen LogP contribution in [0.3, 0.4) is 0 Å². The van der Waals surface area contributed by atoms with Crippen LogP contribution < -0.4 is 4.90 Å². The van der Waals surface area contributed by atoms with Crippen LogP contribution >= 0.6 is 11.3 Å². The minimum absolute atomic E-state index is 0.176. The van der Waals surface area contributed by atoms with Crippen LogP contribution in [-0.4, -0.2) is 27.6 Å². The molecule has 0 aliphatic carbocycles. The molecule has 3 rings (SSSR count). The average Bonchev–Trinajstić information content (AvgIpc) is 3.04. The van der Waals surface area contributed by atoms with Crippen molar-refractivity contribution in [2.45, 2.75) is 32.6 Å². The molecule has 0 saturated heterocycles. The van der Waals surface area contributed by atoms with Crippen molar-refractivity contribution >= 4 is 22.9 Å². The van der Waals surface area contributed by atoms with E-state index in [0.29, 0.717) is 6.42 Å². The lowest BCUT2D eigenvalue weighted by molar-refractivity contribution is -0.118. The third kappa shape index (κ3) is 2.40. The second-order valence-corrected chi connectivity index (χ2v) is 5.68. The van der Waals surface area contributed by atoms with Gasteiger partial charge in [-0.25, -0.2) is 4.98 Å². The number of aromatic nitrogens is 3. The molecule has 3 heterocycles. The molecule has 1 aliphatic heterocycles. The summed E-state index contributed by atoms with van der Waals surface area (Å²) >= 11 is 1.63. The number of thiazole rings is 1. The molecule has 0 aromatic carbocycles. The van der Waals surface area contributed by atoms with Crippen molar-refractivity contribution < 1.29 is 4.79 Å². The van der Waals surface area contributed by atoms with Crippen LogP contribution in [0.4, 0.5) is 5.69 Å². The van der Waals surface area contributed by atoms with Gasteiger partial charge in [0.25, 0.3) is 0 Å². The van der Waals surface area contributed by atoms with Crippen molar-refractivity contribution in [2.24, 2.45) is 0 Å². The Balaban J connectivity index is 1.68. The molecule has 1 N–H and O–H groups in total. The molecule has 0 unspecified atom stereocenters. The van der Waals surface area contributed by atoms with Crippen LogP contribution in [0.2, 0.25) is 0 Å². The highest BCUT2D eigenvalue weighted by atomic mass is 32.1. The number of carbonyl (C=O) groups excluding carboxylic acids is 1. The Kier molecular flexibility index (Phi) is 3.33.